The summed E-state index contributed by atoms with van der Waals surface area (Å²) in [4.78, 5) is 0. The van der Waals surface area contributed by atoms with Crippen LogP contribution in [0.25, 0.3) is 64.6 Å². The lowest BCUT2D eigenvalue weighted by atomic mass is 9.92. The monoisotopic (exact) mass is 464 g/mol. The maximum absolute atomic E-state index is 2.29. The topological polar surface area (TPSA) is 0 Å². The first-order chi connectivity index (χ1) is 17.2. The second kappa shape index (κ2) is 7.91. The lowest BCUT2D eigenvalue weighted by molar-refractivity contribution is 1.55. The highest BCUT2D eigenvalue weighted by Gasteiger charge is 2.10. The molecule has 0 radical (unpaired) electrons. The zero-order valence-corrected chi connectivity index (χ0v) is 20.9. The summed E-state index contributed by atoms with van der Waals surface area (Å²) in [7, 11) is 0.848. The average Bonchev–Trinajstić information content (AvgIpc) is 2.92. The van der Waals surface area contributed by atoms with Gasteiger partial charge in [0.2, 0.25) is 0 Å². The molecule has 0 aliphatic carbocycles. The van der Waals surface area contributed by atoms with Gasteiger partial charge in [0, 0.05) is 0 Å². The molecule has 8 rings (SSSR count). The van der Waals surface area contributed by atoms with Crippen LogP contribution in [0.3, 0.4) is 0 Å². The molecule has 0 saturated heterocycles. The summed E-state index contributed by atoms with van der Waals surface area (Å²) in [5.74, 6) is 0. The molecule has 0 spiro atoms. The van der Waals surface area contributed by atoms with E-state index in [0.29, 0.717) is 0 Å². The molecule has 0 saturated carbocycles. The van der Waals surface area contributed by atoms with Crippen molar-refractivity contribution in [3.63, 3.8) is 0 Å². The van der Waals surface area contributed by atoms with Crippen molar-refractivity contribution < 1.29 is 0 Å². The van der Waals surface area contributed by atoms with E-state index in [0.717, 1.165) is 8.58 Å². The Hall–Kier alpha value is -3.73. The van der Waals surface area contributed by atoms with E-state index in [1.165, 1.54) is 75.5 Å². The minimum atomic E-state index is 0.848. The van der Waals surface area contributed by atoms with Crippen LogP contribution in [0.15, 0.2) is 109 Å². The van der Waals surface area contributed by atoms with Crippen LogP contribution < -0.4 is 5.30 Å². The second-order valence-electron chi connectivity index (χ2n) is 9.46. The lowest BCUT2D eigenvalue weighted by Crippen LogP contribution is -1.97. The standard InChI is InChI=1S/C17H13P.C17H12/c1-18-15-10-8-13-6-5-11-3-2-4-12-7-9-14(15)17(13)16(11)12;1-11-5-6-14-8-7-12-3-2-4-13-9-10-15(11)17(14)16(12)13/h2-10,18H,1H3;2-10H,1H3. The van der Waals surface area contributed by atoms with Crippen LogP contribution >= 0.6 is 8.58 Å². The van der Waals surface area contributed by atoms with Crippen LogP contribution in [-0.2, 0) is 0 Å². The van der Waals surface area contributed by atoms with Gasteiger partial charge in [0.25, 0.3) is 0 Å². The van der Waals surface area contributed by atoms with Gasteiger partial charge in [0.05, 0.1) is 0 Å². The second-order valence-corrected chi connectivity index (χ2v) is 10.5. The highest BCUT2D eigenvalue weighted by atomic mass is 31.1. The molecule has 0 aromatic heterocycles. The van der Waals surface area contributed by atoms with E-state index in [4.69, 9.17) is 0 Å². The highest BCUT2D eigenvalue weighted by Crippen LogP contribution is 2.36. The molecule has 1 heteroatoms. The number of hydrogen-bond donors (Lipinski definition) is 0. The fourth-order valence-corrected chi connectivity index (χ4v) is 6.56. The molecule has 0 bridgehead atoms. The van der Waals surface area contributed by atoms with Crippen molar-refractivity contribution in [2.45, 2.75) is 6.92 Å². The van der Waals surface area contributed by atoms with Crippen LogP contribution in [0.5, 0.6) is 0 Å². The summed E-state index contributed by atoms with van der Waals surface area (Å²) < 4.78 is 0. The quantitative estimate of drug-likeness (QED) is 0.168. The summed E-state index contributed by atoms with van der Waals surface area (Å²) in [5, 5.41) is 18.1. The van der Waals surface area contributed by atoms with E-state index in [9.17, 15) is 0 Å². The van der Waals surface area contributed by atoms with Gasteiger partial charge in [-0.05, 0) is 89.1 Å². The molecule has 8 aromatic rings. The minimum absolute atomic E-state index is 0.848. The Morgan fingerprint density at radius 3 is 1.34 bits per heavy atom. The van der Waals surface area contributed by atoms with Gasteiger partial charge < -0.3 is 0 Å². The summed E-state index contributed by atoms with van der Waals surface area (Å²) in [6, 6.07) is 40.0. The molecule has 166 valence electrons. The van der Waals surface area contributed by atoms with E-state index in [2.05, 4.69) is 123 Å². The Bertz CT molecular complexity index is 1970. The third-order valence-electron chi connectivity index (χ3n) is 7.54. The zero-order chi connectivity index (χ0) is 23.5. The molecule has 0 heterocycles. The highest BCUT2D eigenvalue weighted by molar-refractivity contribution is 7.47. The summed E-state index contributed by atoms with van der Waals surface area (Å²) in [5.41, 5.74) is 1.36. The largest absolute Gasteiger partial charge is 0.0929 e. The summed E-state index contributed by atoms with van der Waals surface area (Å²) in [6.07, 6.45) is 0. The number of hydrogen-bond acceptors (Lipinski definition) is 0. The number of aryl methyl sites for hydroxylation is 1. The van der Waals surface area contributed by atoms with Crippen molar-refractivity contribution >= 4 is 78.5 Å². The first-order valence-electron chi connectivity index (χ1n) is 12.2. The van der Waals surface area contributed by atoms with Gasteiger partial charge in [-0.2, -0.15) is 0 Å². The predicted molar refractivity (Wildman–Crippen MR) is 159 cm³/mol. The fourth-order valence-electron chi connectivity index (χ4n) is 5.83. The molecule has 0 aliphatic heterocycles. The van der Waals surface area contributed by atoms with Gasteiger partial charge in [-0.3, -0.25) is 0 Å². The van der Waals surface area contributed by atoms with E-state index in [-0.39, 0.29) is 0 Å². The van der Waals surface area contributed by atoms with Crippen molar-refractivity contribution in [1.29, 1.82) is 0 Å². The molecule has 8 aromatic carbocycles. The van der Waals surface area contributed by atoms with Crippen molar-refractivity contribution in [3.05, 3.63) is 115 Å². The molecule has 35 heavy (non-hydrogen) atoms. The molecule has 0 nitrogen and oxygen atoms in total. The Labute approximate surface area is 206 Å². The van der Waals surface area contributed by atoms with Crippen LogP contribution in [-0.4, -0.2) is 6.66 Å². The molecule has 0 amide bonds. The van der Waals surface area contributed by atoms with Gasteiger partial charge in [-0.1, -0.05) is 118 Å². The van der Waals surface area contributed by atoms with Crippen LogP contribution in [0.1, 0.15) is 5.56 Å². The first kappa shape index (κ1) is 20.6. The minimum Gasteiger partial charge on any atom is -0.0929 e. The average molecular weight is 465 g/mol. The van der Waals surface area contributed by atoms with E-state index >= 15 is 0 Å². The van der Waals surface area contributed by atoms with Crippen LogP contribution in [0, 0.1) is 6.92 Å². The summed E-state index contributed by atoms with van der Waals surface area (Å²) >= 11 is 0. The van der Waals surface area contributed by atoms with Crippen molar-refractivity contribution in [2.75, 3.05) is 6.66 Å². The number of benzene rings is 8. The normalized spacial score (nSPS) is 12.2. The molecular formula is C34H25P. The van der Waals surface area contributed by atoms with Gasteiger partial charge in [-0.25, -0.2) is 0 Å². The maximum atomic E-state index is 2.29. The Morgan fingerprint density at radius 1 is 0.400 bits per heavy atom. The molecular weight excluding hydrogens is 439 g/mol. The van der Waals surface area contributed by atoms with Crippen molar-refractivity contribution in [2.24, 2.45) is 0 Å². The molecule has 1 atom stereocenters. The van der Waals surface area contributed by atoms with Crippen molar-refractivity contribution in [3.8, 4) is 0 Å². The fraction of sp³-hybridized carbons (Fsp3) is 0.0588. The van der Waals surface area contributed by atoms with Gasteiger partial charge in [0.1, 0.15) is 0 Å². The summed E-state index contributed by atoms with van der Waals surface area (Å²) in [6.45, 7) is 4.44. The van der Waals surface area contributed by atoms with Gasteiger partial charge in [-0.15, -0.1) is 0 Å². The molecule has 1 unspecified atom stereocenters. The maximum Gasteiger partial charge on any atom is -0.00205 e. The van der Waals surface area contributed by atoms with Gasteiger partial charge in [0.15, 0.2) is 0 Å². The molecule has 0 fully saturated rings. The smallest absolute Gasteiger partial charge is 0.00205 e. The first-order valence-corrected chi connectivity index (χ1v) is 13.7. The van der Waals surface area contributed by atoms with E-state index < -0.39 is 0 Å². The SMILES string of the molecule is CPc1ccc2ccc3cccc4ccc1c2c34.Cc1ccc2ccc3cccc4ccc1c2c34. The lowest BCUT2D eigenvalue weighted by Gasteiger charge is -2.12. The number of rotatable bonds is 1. The van der Waals surface area contributed by atoms with Crippen LogP contribution in [0.4, 0.5) is 0 Å². The Kier molecular flexibility index (Phi) is 4.66. The zero-order valence-electron chi connectivity index (χ0n) is 19.9. The third-order valence-corrected chi connectivity index (χ3v) is 8.52. The van der Waals surface area contributed by atoms with E-state index in [1.807, 2.05) is 0 Å². The Balaban J connectivity index is 0.000000120. The molecule has 0 N–H and O–H groups in total. The Morgan fingerprint density at radius 2 is 0.800 bits per heavy atom. The third kappa shape index (κ3) is 3.10. The van der Waals surface area contributed by atoms with E-state index in [1.54, 1.807) is 0 Å². The van der Waals surface area contributed by atoms with Crippen LogP contribution in [0.2, 0.25) is 0 Å². The molecule has 0 aliphatic rings. The van der Waals surface area contributed by atoms with Gasteiger partial charge >= 0.3 is 0 Å². The predicted octanol–water partition coefficient (Wildman–Crippen LogP) is 9.41. The van der Waals surface area contributed by atoms with Crippen molar-refractivity contribution in [1.82, 2.24) is 0 Å².